The topological polar surface area (TPSA) is 55.2 Å². The molecule has 2 aromatic rings. The van der Waals surface area contributed by atoms with Crippen molar-refractivity contribution in [2.75, 3.05) is 6.61 Å². The van der Waals surface area contributed by atoms with Gasteiger partial charge in [0.1, 0.15) is 6.33 Å². The Balaban J connectivity index is 2.28. The second-order valence-electron chi connectivity index (χ2n) is 3.75. The Morgan fingerprint density at radius 1 is 1.37 bits per heavy atom. The summed E-state index contributed by atoms with van der Waals surface area (Å²) < 4.78 is 5.32. The van der Waals surface area contributed by atoms with E-state index in [1.807, 2.05) is 19.1 Å². The van der Waals surface area contributed by atoms with Crippen molar-refractivity contribution in [1.29, 1.82) is 0 Å². The zero-order chi connectivity index (χ0) is 13.7. The third kappa shape index (κ3) is 3.45. The summed E-state index contributed by atoms with van der Waals surface area (Å²) in [4.78, 5) is 7.93. The molecular weight excluding hydrogens is 264 g/mol. The van der Waals surface area contributed by atoms with Gasteiger partial charge in [0.2, 0.25) is 0 Å². The molecule has 0 aliphatic heterocycles. The van der Waals surface area contributed by atoms with Gasteiger partial charge in [-0.15, -0.1) is 0 Å². The lowest BCUT2D eigenvalue weighted by atomic mass is 10.1. The van der Waals surface area contributed by atoms with Crippen LogP contribution in [0.1, 0.15) is 18.2 Å². The maximum atomic E-state index is 9.74. The van der Waals surface area contributed by atoms with Gasteiger partial charge < -0.3 is 9.84 Å². The highest BCUT2D eigenvalue weighted by molar-refractivity contribution is 6.32. The summed E-state index contributed by atoms with van der Waals surface area (Å²) in [5, 5.41) is 9.99. The average molecular weight is 277 g/mol. The molecule has 1 aromatic heterocycles. The minimum Gasteiger partial charge on any atom is -0.503 e. The number of halogens is 1. The highest BCUT2D eigenvalue weighted by Gasteiger charge is 2.08. The Bertz CT molecular complexity index is 585. The van der Waals surface area contributed by atoms with E-state index < -0.39 is 0 Å². The van der Waals surface area contributed by atoms with Crippen LogP contribution in [0.5, 0.6) is 11.5 Å². The normalized spacial score (nSPS) is 10.8. The molecule has 1 N–H and O–H groups in total. The molecule has 2 rings (SSSR count). The molecule has 1 heterocycles. The van der Waals surface area contributed by atoms with Crippen molar-refractivity contribution in [3.8, 4) is 11.5 Å². The first-order chi connectivity index (χ1) is 9.20. The predicted molar refractivity (Wildman–Crippen MR) is 75.2 cm³/mol. The van der Waals surface area contributed by atoms with Crippen LogP contribution in [0.3, 0.4) is 0 Å². The van der Waals surface area contributed by atoms with Gasteiger partial charge in [-0.3, -0.25) is 0 Å². The lowest BCUT2D eigenvalue weighted by Crippen LogP contribution is -1.92. The van der Waals surface area contributed by atoms with Crippen LogP contribution >= 0.6 is 11.6 Å². The number of ether oxygens (including phenoxy) is 1. The molecule has 19 heavy (non-hydrogen) atoms. The summed E-state index contributed by atoms with van der Waals surface area (Å²) in [6, 6.07) is 5.18. The lowest BCUT2D eigenvalue weighted by Gasteiger charge is -2.08. The first-order valence-electron chi connectivity index (χ1n) is 5.80. The molecule has 0 saturated carbocycles. The van der Waals surface area contributed by atoms with Crippen LogP contribution in [0.25, 0.3) is 12.2 Å². The molecule has 1 aromatic carbocycles. The van der Waals surface area contributed by atoms with Gasteiger partial charge in [-0.25, -0.2) is 9.97 Å². The van der Waals surface area contributed by atoms with E-state index in [1.165, 1.54) is 6.33 Å². The van der Waals surface area contributed by atoms with E-state index in [1.54, 1.807) is 24.4 Å². The first-order valence-corrected chi connectivity index (χ1v) is 6.18. The Labute approximate surface area is 116 Å². The molecule has 0 saturated heterocycles. The Hall–Kier alpha value is -2.07. The number of rotatable bonds is 4. The SMILES string of the molecule is CCOc1cc(C=Cc2ccncn2)cc(Cl)c1O. The van der Waals surface area contributed by atoms with E-state index in [0.29, 0.717) is 12.4 Å². The molecule has 0 amide bonds. The van der Waals surface area contributed by atoms with Gasteiger partial charge in [0.25, 0.3) is 0 Å². The van der Waals surface area contributed by atoms with Crippen molar-refractivity contribution in [3.63, 3.8) is 0 Å². The minimum absolute atomic E-state index is 0.0392. The van der Waals surface area contributed by atoms with Crippen molar-refractivity contribution in [2.24, 2.45) is 0 Å². The lowest BCUT2D eigenvalue weighted by molar-refractivity contribution is 0.318. The highest BCUT2D eigenvalue weighted by atomic mass is 35.5. The Morgan fingerprint density at radius 3 is 2.89 bits per heavy atom. The maximum absolute atomic E-state index is 9.74. The summed E-state index contributed by atoms with van der Waals surface area (Å²) in [6.45, 7) is 2.31. The van der Waals surface area contributed by atoms with E-state index in [9.17, 15) is 5.11 Å². The summed E-state index contributed by atoms with van der Waals surface area (Å²) in [6.07, 6.45) is 6.83. The van der Waals surface area contributed by atoms with Crippen LogP contribution in [-0.2, 0) is 0 Å². The number of phenolic OH excluding ortho intramolecular Hbond substituents is 1. The van der Waals surface area contributed by atoms with Crippen molar-refractivity contribution in [1.82, 2.24) is 9.97 Å². The molecule has 0 spiro atoms. The zero-order valence-electron chi connectivity index (χ0n) is 10.4. The van der Waals surface area contributed by atoms with Gasteiger partial charge in [0.05, 0.1) is 17.3 Å². The second-order valence-corrected chi connectivity index (χ2v) is 4.16. The van der Waals surface area contributed by atoms with Gasteiger partial charge in [-0.1, -0.05) is 17.7 Å². The van der Waals surface area contributed by atoms with Crippen molar-refractivity contribution < 1.29 is 9.84 Å². The number of nitrogens with zero attached hydrogens (tertiary/aromatic N) is 2. The number of aromatic nitrogens is 2. The zero-order valence-corrected chi connectivity index (χ0v) is 11.1. The van der Waals surface area contributed by atoms with E-state index in [4.69, 9.17) is 16.3 Å². The van der Waals surface area contributed by atoms with Crippen LogP contribution in [-0.4, -0.2) is 21.7 Å². The van der Waals surface area contributed by atoms with E-state index in [0.717, 1.165) is 11.3 Å². The second kappa shape index (κ2) is 6.20. The molecular formula is C14H13ClN2O2. The Kier molecular flexibility index (Phi) is 4.36. The monoisotopic (exact) mass is 276 g/mol. The van der Waals surface area contributed by atoms with E-state index >= 15 is 0 Å². The van der Waals surface area contributed by atoms with Crippen molar-refractivity contribution in [2.45, 2.75) is 6.92 Å². The molecule has 0 aliphatic carbocycles. The summed E-state index contributed by atoms with van der Waals surface area (Å²) >= 11 is 5.95. The molecule has 5 heteroatoms. The number of hydrogen-bond acceptors (Lipinski definition) is 4. The van der Waals surface area contributed by atoms with Gasteiger partial charge >= 0.3 is 0 Å². The van der Waals surface area contributed by atoms with Crippen molar-refractivity contribution >= 4 is 23.8 Å². The maximum Gasteiger partial charge on any atom is 0.176 e. The number of aromatic hydroxyl groups is 1. The molecule has 4 nitrogen and oxygen atoms in total. The molecule has 0 fully saturated rings. The molecule has 0 radical (unpaired) electrons. The van der Waals surface area contributed by atoms with Crippen LogP contribution in [0, 0.1) is 0 Å². The third-order valence-corrected chi connectivity index (χ3v) is 2.69. The van der Waals surface area contributed by atoms with Gasteiger partial charge in [0, 0.05) is 6.20 Å². The third-order valence-electron chi connectivity index (χ3n) is 2.40. The molecule has 98 valence electrons. The molecule has 0 bridgehead atoms. The van der Waals surface area contributed by atoms with Crippen LogP contribution < -0.4 is 4.74 Å². The molecule has 0 unspecified atom stereocenters. The van der Waals surface area contributed by atoms with E-state index in [-0.39, 0.29) is 10.8 Å². The smallest absolute Gasteiger partial charge is 0.176 e. The summed E-state index contributed by atoms with van der Waals surface area (Å²) in [5.74, 6) is 0.333. The van der Waals surface area contributed by atoms with Crippen LogP contribution in [0.2, 0.25) is 5.02 Å². The van der Waals surface area contributed by atoms with Gasteiger partial charge in [-0.2, -0.15) is 0 Å². The first kappa shape index (κ1) is 13.4. The fourth-order valence-electron chi connectivity index (χ4n) is 1.54. The fraction of sp³-hybridized carbons (Fsp3) is 0.143. The predicted octanol–water partition coefficient (Wildman–Crippen LogP) is 3.40. The summed E-state index contributed by atoms with van der Waals surface area (Å²) in [7, 11) is 0. The Morgan fingerprint density at radius 2 is 2.21 bits per heavy atom. The summed E-state index contributed by atoms with van der Waals surface area (Å²) in [5.41, 5.74) is 1.61. The van der Waals surface area contributed by atoms with Gasteiger partial charge in [-0.05, 0) is 36.8 Å². The highest BCUT2D eigenvalue weighted by Crippen LogP contribution is 2.35. The number of hydrogen-bond donors (Lipinski definition) is 1. The minimum atomic E-state index is -0.0392. The fourth-order valence-corrected chi connectivity index (χ4v) is 1.76. The van der Waals surface area contributed by atoms with E-state index in [2.05, 4.69) is 9.97 Å². The van der Waals surface area contributed by atoms with Crippen LogP contribution in [0.4, 0.5) is 0 Å². The number of benzene rings is 1. The van der Waals surface area contributed by atoms with Crippen LogP contribution in [0.15, 0.2) is 30.7 Å². The molecule has 0 atom stereocenters. The van der Waals surface area contributed by atoms with Crippen molar-refractivity contribution in [3.05, 3.63) is 47.0 Å². The largest absolute Gasteiger partial charge is 0.503 e. The van der Waals surface area contributed by atoms with Gasteiger partial charge in [0.15, 0.2) is 11.5 Å². The average Bonchev–Trinajstić information content (AvgIpc) is 2.43. The standard InChI is InChI=1S/C14H13ClN2O2/c1-2-19-13-8-10(7-12(15)14(13)18)3-4-11-5-6-16-9-17-11/h3-9,18H,2H2,1H3. The quantitative estimate of drug-likeness (QED) is 0.930. The molecule has 0 aliphatic rings. The number of phenols is 1.